The van der Waals surface area contributed by atoms with E-state index in [-0.39, 0.29) is 35.0 Å². The minimum Gasteiger partial charge on any atom is -0.352 e. The summed E-state index contributed by atoms with van der Waals surface area (Å²) in [6.45, 7) is 1.42. The molecule has 0 bridgehead atoms. The minimum atomic E-state index is -3.77. The fourth-order valence-electron chi connectivity index (χ4n) is 3.69. The van der Waals surface area contributed by atoms with Crippen LogP contribution in [0.25, 0.3) is 0 Å². The normalized spacial score (nSPS) is 19.4. The number of nitrogens with zero attached hydrogens (tertiary/aromatic N) is 2. The maximum absolute atomic E-state index is 13.1. The van der Waals surface area contributed by atoms with Gasteiger partial charge in [-0.05, 0) is 36.6 Å². The Morgan fingerprint density at radius 1 is 1.00 bits per heavy atom. The lowest BCUT2D eigenvalue weighted by atomic mass is 10.0. The molecule has 4 rings (SSSR count). The maximum atomic E-state index is 13.1. The van der Waals surface area contributed by atoms with Crippen LogP contribution in [0.1, 0.15) is 24.4 Å². The summed E-state index contributed by atoms with van der Waals surface area (Å²) in [6.07, 6.45) is 2.03. The van der Waals surface area contributed by atoms with E-state index in [4.69, 9.17) is 23.2 Å². The van der Waals surface area contributed by atoms with E-state index in [9.17, 15) is 13.2 Å². The number of hydrogen-bond acceptors (Lipinski definition) is 4. The molecule has 1 saturated carbocycles. The molecule has 2 aliphatic rings. The summed E-state index contributed by atoms with van der Waals surface area (Å²) in [5, 5.41) is 3.55. The van der Waals surface area contributed by atoms with Crippen LogP contribution in [0, 0.1) is 0 Å². The van der Waals surface area contributed by atoms with Crippen molar-refractivity contribution in [1.82, 2.24) is 14.5 Å². The quantitative estimate of drug-likeness (QED) is 0.707. The predicted molar refractivity (Wildman–Crippen MR) is 117 cm³/mol. The van der Waals surface area contributed by atoms with Crippen molar-refractivity contribution in [2.75, 3.05) is 26.2 Å². The molecule has 160 valence electrons. The van der Waals surface area contributed by atoms with Crippen LogP contribution >= 0.6 is 23.2 Å². The van der Waals surface area contributed by atoms with Gasteiger partial charge in [-0.25, -0.2) is 8.42 Å². The molecule has 2 fully saturated rings. The second kappa shape index (κ2) is 8.85. The molecule has 1 heterocycles. The summed E-state index contributed by atoms with van der Waals surface area (Å²) >= 11 is 12.1. The SMILES string of the molecule is O=C(NC1CC1)C(c1ccccc1)N1CCN(S(=O)(=O)c2cc(Cl)ccc2Cl)CC1. The molecular formula is C21H23Cl2N3O3S. The van der Waals surface area contributed by atoms with Crippen LogP contribution in [0.5, 0.6) is 0 Å². The average Bonchev–Trinajstić information content (AvgIpc) is 3.55. The third-order valence-electron chi connectivity index (χ3n) is 5.44. The van der Waals surface area contributed by atoms with Crippen LogP contribution in [-0.2, 0) is 14.8 Å². The lowest BCUT2D eigenvalue weighted by Gasteiger charge is -2.38. The number of halogens is 2. The number of piperazine rings is 1. The van der Waals surface area contributed by atoms with Crippen LogP contribution < -0.4 is 5.32 Å². The molecule has 0 spiro atoms. The Kier molecular flexibility index (Phi) is 6.36. The molecule has 1 aliphatic heterocycles. The number of amides is 1. The molecule has 1 amide bonds. The Bertz CT molecular complexity index is 1020. The zero-order valence-corrected chi connectivity index (χ0v) is 18.6. The van der Waals surface area contributed by atoms with E-state index in [0.29, 0.717) is 18.1 Å². The van der Waals surface area contributed by atoms with Crippen molar-refractivity contribution in [3.8, 4) is 0 Å². The van der Waals surface area contributed by atoms with Crippen molar-refractivity contribution in [2.24, 2.45) is 0 Å². The second-order valence-corrected chi connectivity index (χ2v) is 10.4. The highest BCUT2D eigenvalue weighted by Crippen LogP contribution is 2.30. The lowest BCUT2D eigenvalue weighted by molar-refractivity contribution is -0.127. The number of hydrogen-bond donors (Lipinski definition) is 1. The molecule has 2 aromatic rings. The first-order valence-corrected chi connectivity index (χ1v) is 12.1. The summed E-state index contributed by atoms with van der Waals surface area (Å²) < 4.78 is 27.6. The molecule has 0 radical (unpaired) electrons. The standard InChI is InChI=1S/C21H23Cl2N3O3S/c22-16-6-9-18(23)19(14-16)30(28,29)26-12-10-25(11-13-26)20(15-4-2-1-3-5-15)21(27)24-17-7-8-17/h1-6,9,14,17,20H,7-8,10-13H2,(H,24,27). The fourth-order valence-corrected chi connectivity index (χ4v) is 5.85. The molecule has 1 atom stereocenters. The van der Waals surface area contributed by atoms with Gasteiger partial charge in [0.25, 0.3) is 0 Å². The van der Waals surface area contributed by atoms with Crippen LogP contribution in [0.2, 0.25) is 10.0 Å². The summed E-state index contributed by atoms with van der Waals surface area (Å²) in [5.74, 6) is -0.0297. The van der Waals surface area contributed by atoms with Crippen molar-refractivity contribution in [3.63, 3.8) is 0 Å². The van der Waals surface area contributed by atoms with E-state index in [2.05, 4.69) is 5.32 Å². The zero-order chi connectivity index (χ0) is 21.3. The fraction of sp³-hybridized carbons (Fsp3) is 0.381. The van der Waals surface area contributed by atoms with Gasteiger partial charge in [0.05, 0.1) is 5.02 Å². The van der Waals surface area contributed by atoms with Crippen LogP contribution in [0.4, 0.5) is 0 Å². The van der Waals surface area contributed by atoms with Gasteiger partial charge >= 0.3 is 0 Å². The van der Waals surface area contributed by atoms with E-state index in [0.717, 1.165) is 18.4 Å². The third-order valence-corrected chi connectivity index (χ3v) is 8.05. The van der Waals surface area contributed by atoms with Gasteiger partial charge in [-0.1, -0.05) is 53.5 Å². The van der Waals surface area contributed by atoms with Crippen LogP contribution in [0.3, 0.4) is 0 Å². The Balaban J connectivity index is 1.51. The smallest absolute Gasteiger partial charge is 0.244 e. The van der Waals surface area contributed by atoms with Crippen molar-refractivity contribution in [1.29, 1.82) is 0 Å². The van der Waals surface area contributed by atoms with E-state index in [1.807, 2.05) is 35.2 Å². The molecule has 9 heteroatoms. The summed E-state index contributed by atoms with van der Waals surface area (Å²) in [7, 11) is -3.77. The molecule has 6 nitrogen and oxygen atoms in total. The highest BCUT2D eigenvalue weighted by atomic mass is 35.5. The molecule has 30 heavy (non-hydrogen) atoms. The van der Waals surface area contributed by atoms with Gasteiger partial charge in [0.2, 0.25) is 15.9 Å². The first-order valence-electron chi connectivity index (χ1n) is 9.91. The third kappa shape index (κ3) is 4.65. The first-order chi connectivity index (χ1) is 14.4. The van der Waals surface area contributed by atoms with Crippen molar-refractivity contribution < 1.29 is 13.2 Å². The number of carbonyl (C=O) groups excluding carboxylic acids is 1. The number of nitrogens with one attached hydrogen (secondary N) is 1. The van der Waals surface area contributed by atoms with E-state index in [1.54, 1.807) is 6.07 Å². The number of carbonyl (C=O) groups is 1. The van der Waals surface area contributed by atoms with Gasteiger partial charge in [-0.15, -0.1) is 0 Å². The van der Waals surface area contributed by atoms with Crippen molar-refractivity contribution >= 4 is 39.1 Å². The van der Waals surface area contributed by atoms with Gasteiger partial charge in [-0.3, -0.25) is 9.69 Å². The Hall–Kier alpha value is -1.64. The summed E-state index contributed by atoms with van der Waals surface area (Å²) in [6, 6.07) is 13.9. The zero-order valence-electron chi connectivity index (χ0n) is 16.3. The highest BCUT2D eigenvalue weighted by Gasteiger charge is 2.36. The van der Waals surface area contributed by atoms with Crippen LogP contribution in [0.15, 0.2) is 53.4 Å². The van der Waals surface area contributed by atoms with E-state index in [1.165, 1.54) is 16.4 Å². The second-order valence-electron chi connectivity index (χ2n) is 7.61. The average molecular weight is 468 g/mol. The van der Waals surface area contributed by atoms with Crippen molar-refractivity contribution in [2.45, 2.75) is 29.8 Å². The van der Waals surface area contributed by atoms with Gasteiger partial charge in [-0.2, -0.15) is 4.31 Å². The largest absolute Gasteiger partial charge is 0.352 e. The topological polar surface area (TPSA) is 69.7 Å². The highest BCUT2D eigenvalue weighted by molar-refractivity contribution is 7.89. The van der Waals surface area contributed by atoms with E-state index >= 15 is 0 Å². The number of rotatable bonds is 6. The molecule has 0 aromatic heterocycles. The molecule has 1 unspecified atom stereocenters. The van der Waals surface area contributed by atoms with Gasteiger partial charge < -0.3 is 5.32 Å². The predicted octanol–water partition coefficient (Wildman–Crippen LogP) is 3.32. The molecule has 1 N–H and O–H groups in total. The lowest BCUT2D eigenvalue weighted by Crippen LogP contribution is -2.52. The molecule has 1 aliphatic carbocycles. The Labute approximate surface area is 186 Å². The van der Waals surface area contributed by atoms with E-state index < -0.39 is 16.1 Å². The monoisotopic (exact) mass is 467 g/mol. The van der Waals surface area contributed by atoms with Gasteiger partial charge in [0.1, 0.15) is 10.9 Å². The first kappa shape index (κ1) is 21.6. The molecule has 1 saturated heterocycles. The Morgan fingerprint density at radius 2 is 1.67 bits per heavy atom. The maximum Gasteiger partial charge on any atom is 0.244 e. The Morgan fingerprint density at radius 3 is 2.30 bits per heavy atom. The summed E-state index contributed by atoms with van der Waals surface area (Å²) in [5.41, 5.74) is 0.907. The number of sulfonamides is 1. The minimum absolute atomic E-state index is 0.0104. The number of benzene rings is 2. The van der Waals surface area contributed by atoms with Crippen LogP contribution in [-0.4, -0.2) is 55.8 Å². The van der Waals surface area contributed by atoms with Gasteiger partial charge in [0.15, 0.2) is 0 Å². The van der Waals surface area contributed by atoms with Gasteiger partial charge in [0, 0.05) is 37.2 Å². The van der Waals surface area contributed by atoms with Crippen molar-refractivity contribution in [3.05, 3.63) is 64.1 Å². The molecular weight excluding hydrogens is 445 g/mol. The summed E-state index contributed by atoms with van der Waals surface area (Å²) in [4.78, 5) is 15.0. The molecule has 2 aromatic carbocycles.